The van der Waals surface area contributed by atoms with E-state index in [9.17, 15) is 4.79 Å². The molecule has 1 aromatic carbocycles. The van der Waals surface area contributed by atoms with E-state index in [2.05, 4.69) is 28.2 Å². The van der Waals surface area contributed by atoms with Crippen LogP contribution in [0.5, 0.6) is 5.75 Å². The number of hydrogen-bond donors (Lipinski definition) is 1. The summed E-state index contributed by atoms with van der Waals surface area (Å²) < 4.78 is 5.51. The summed E-state index contributed by atoms with van der Waals surface area (Å²) in [6.45, 7) is 4.40. The van der Waals surface area contributed by atoms with Crippen LogP contribution < -0.4 is 10.1 Å². The van der Waals surface area contributed by atoms with Gasteiger partial charge in [-0.3, -0.25) is 4.79 Å². The molecule has 100 valence electrons. The Hall–Kier alpha value is -0.740. The summed E-state index contributed by atoms with van der Waals surface area (Å²) in [5, 5.41) is 4.29. The lowest BCUT2D eigenvalue weighted by atomic mass is 10.2. The van der Waals surface area contributed by atoms with Crippen LogP contribution in [0.25, 0.3) is 0 Å². The molecule has 2 atom stereocenters. The van der Waals surface area contributed by atoms with Crippen molar-refractivity contribution < 1.29 is 9.53 Å². The number of rotatable bonds is 6. The maximum Gasteiger partial charge on any atom is 0.260 e. The van der Waals surface area contributed by atoms with Crippen LogP contribution in [0.3, 0.4) is 0 Å². The van der Waals surface area contributed by atoms with Crippen molar-refractivity contribution in [1.29, 1.82) is 0 Å². The smallest absolute Gasteiger partial charge is 0.260 e. The molecule has 1 rings (SSSR count). The van der Waals surface area contributed by atoms with Crippen molar-refractivity contribution in [1.82, 2.24) is 5.32 Å². The second-order valence-corrected chi connectivity index (χ2v) is 5.31. The molecule has 5 heteroatoms. The summed E-state index contributed by atoms with van der Waals surface area (Å²) in [4.78, 5) is 11.8. The largest absolute Gasteiger partial charge is 0.481 e. The van der Waals surface area contributed by atoms with Gasteiger partial charge in [-0.2, -0.15) is 0 Å². The van der Waals surface area contributed by atoms with Gasteiger partial charge in [0.1, 0.15) is 5.75 Å². The van der Waals surface area contributed by atoms with Gasteiger partial charge in [0.15, 0.2) is 6.10 Å². The molecule has 2 unspecified atom stereocenters. The van der Waals surface area contributed by atoms with Gasteiger partial charge in [-0.05, 0) is 31.0 Å². The third kappa shape index (κ3) is 5.27. The number of ether oxygens (including phenoxy) is 1. The van der Waals surface area contributed by atoms with Gasteiger partial charge in [0.2, 0.25) is 0 Å². The molecule has 0 bridgehead atoms. The zero-order valence-electron chi connectivity index (χ0n) is 10.5. The summed E-state index contributed by atoms with van der Waals surface area (Å²) in [6, 6.07) is 7.01. The lowest BCUT2D eigenvalue weighted by Gasteiger charge is -2.16. The van der Waals surface area contributed by atoms with Crippen LogP contribution in [0.4, 0.5) is 0 Å². The van der Waals surface area contributed by atoms with Crippen molar-refractivity contribution in [3.8, 4) is 5.75 Å². The molecule has 0 aromatic heterocycles. The first-order chi connectivity index (χ1) is 8.52. The van der Waals surface area contributed by atoms with Crippen LogP contribution >= 0.6 is 27.5 Å². The Morgan fingerprint density at radius 3 is 2.83 bits per heavy atom. The molecular formula is C13H17BrClNO2. The van der Waals surface area contributed by atoms with Crippen molar-refractivity contribution in [2.24, 2.45) is 5.92 Å². The molecule has 0 heterocycles. The van der Waals surface area contributed by atoms with E-state index < -0.39 is 6.10 Å². The van der Waals surface area contributed by atoms with Gasteiger partial charge in [-0.1, -0.05) is 40.5 Å². The van der Waals surface area contributed by atoms with Crippen molar-refractivity contribution in [2.45, 2.75) is 20.0 Å². The average molecular weight is 335 g/mol. The van der Waals surface area contributed by atoms with E-state index in [1.807, 2.05) is 0 Å². The highest BCUT2D eigenvalue weighted by Crippen LogP contribution is 2.18. The molecule has 1 amide bonds. The quantitative estimate of drug-likeness (QED) is 0.811. The second-order valence-electron chi connectivity index (χ2n) is 4.22. The van der Waals surface area contributed by atoms with Crippen molar-refractivity contribution in [3.05, 3.63) is 29.3 Å². The Bertz CT molecular complexity index is 400. The zero-order chi connectivity index (χ0) is 13.5. The molecule has 1 N–H and O–H groups in total. The maximum absolute atomic E-state index is 11.8. The minimum Gasteiger partial charge on any atom is -0.481 e. The van der Waals surface area contributed by atoms with Gasteiger partial charge in [0.25, 0.3) is 5.91 Å². The van der Waals surface area contributed by atoms with Crippen LogP contribution in [0.1, 0.15) is 13.8 Å². The van der Waals surface area contributed by atoms with Crippen molar-refractivity contribution in [2.75, 3.05) is 11.9 Å². The van der Waals surface area contributed by atoms with Crippen LogP contribution in [-0.4, -0.2) is 23.9 Å². The van der Waals surface area contributed by atoms with E-state index >= 15 is 0 Å². The number of hydrogen-bond acceptors (Lipinski definition) is 2. The van der Waals surface area contributed by atoms with Gasteiger partial charge in [-0.15, -0.1) is 0 Å². The first-order valence-electron chi connectivity index (χ1n) is 5.78. The summed E-state index contributed by atoms with van der Waals surface area (Å²) in [5.74, 6) is 0.869. The summed E-state index contributed by atoms with van der Waals surface area (Å²) in [6.07, 6.45) is -0.536. The highest BCUT2D eigenvalue weighted by Gasteiger charge is 2.15. The molecule has 0 fully saturated rings. The van der Waals surface area contributed by atoms with E-state index in [1.165, 1.54) is 0 Å². The van der Waals surface area contributed by atoms with Gasteiger partial charge in [0.05, 0.1) is 0 Å². The lowest BCUT2D eigenvalue weighted by Crippen LogP contribution is -2.38. The van der Waals surface area contributed by atoms with Crippen LogP contribution in [0.15, 0.2) is 24.3 Å². The van der Waals surface area contributed by atoms with Crippen molar-refractivity contribution >= 4 is 33.4 Å². The standard InChI is InChI=1S/C13H17BrClNO2/c1-9(7-14)8-16-13(17)10(2)18-12-5-3-4-11(15)6-12/h3-6,9-10H,7-8H2,1-2H3,(H,16,17). The van der Waals surface area contributed by atoms with Crippen LogP contribution in [0.2, 0.25) is 5.02 Å². The monoisotopic (exact) mass is 333 g/mol. The summed E-state index contributed by atoms with van der Waals surface area (Å²) in [5.41, 5.74) is 0. The number of carbonyl (C=O) groups is 1. The lowest BCUT2D eigenvalue weighted by molar-refractivity contribution is -0.127. The summed E-state index contributed by atoms with van der Waals surface area (Å²) >= 11 is 9.21. The van der Waals surface area contributed by atoms with E-state index in [1.54, 1.807) is 31.2 Å². The van der Waals surface area contributed by atoms with E-state index in [0.29, 0.717) is 23.2 Å². The number of benzene rings is 1. The SMILES string of the molecule is CC(CBr)CNC(=O)C(C)Oc1cccc(Cl)c1. The molecule has 0 saturated heterocycles. The molecular weight excluding hydrogens is 318 g/mol. The Kier molecular flexibility index (Phi) is 6.50. The van der Waals surface area contributed by atoms with Gasteiger partial charge in [0, 0.05) is 16.9 Å². The Labute approximate surface area is 121 Å². The number of carbonyl (C=O) groups excluding carboxylic acids is 1. The number of amides is 1. The third-order valence-corrected chi connectivity index (χ3v) is 3.71. The minimum absolute atomic E-state index is 0.122. The fraction of sp³-hybridized carbons (Fsp3) is 0.462. The normalized spacial score (nSPS) is 13.8. The fourth-order valence-corrected chi connectivity index (χ4v) is 1.68. The molecule has 0 aliphatic heterocycles. The van der Waals surface area contributed by atoms with Gasteiger partial charge in [-0.25, -0.2) is 0 Å². The highest BCUT2D eigenvalue weighted by molar-refractivity contribution is 9.09. The fourth-order valence-electron chi connectivity index (χ4n) is 1.27. The van der Waals surface area contributed by atoms with Crippen molar-refractivity contribution in [3.63, 3.8) is 0 Å². The second kappa shape index (κ2) is 7.64. The predicted octanol–water partition coefficient (Wildman–Crippen LogP) is 3.25. The van der Waals surface area contributed by atoms with Gasteiger partial charge < -0.3 is 10.1 Å². The predicted molar refractivity (Wildman–Crippen MR) is 77.5 cm³/mol. The first-order valence-corrected chi connectivity index (χ1v) is 7.28. The first kappa shape index (κ1) is 15.3. The Morgan fingerprint density at radius 1 is 1.50 bits per heavy atom. The average Bonchev–Trinajstić information content (AvgIpc) is 2.35. The number of halogens is 2. The van der Waals surface area contributed by atoms with E-state index in [0.717, 1.165) is 5.33 Å². The molecule has 3 nitrogen and oxygen atoms in total. The number of alkyl halides is 1. The molecule has 18 heavy (non-hydrogen) atoms. The molecule has 0 aliphatic carbocycles. The third-order valence-electron chi connectivity index (χ3n) is 2.37. The number of nitrogens with one attached hydrogen (secondary N) is 1. The molecule has 1 aromatic rings. The maximum atomic E-state index is 11.8. The Morgan fingerprint density at radius 2 is 2.22 bits per heavy atom. The zero-order valence-corrected chi connectivity index (χ0v) is 12.8. The van der Waals surface area contributed by atoms with E-state index in [-0.39, 0.29) is 5.91 Å². The molecule has 0 radical (unpaired) electrons. The Balaban J connectivity index is 2.45. The highest BCUT2D eigenvalue weighted by atomic mass is 79.9. The van der Waals surface area contributed by atoms with Crippen LogP contribution in [0, 0.1) is 5.92 Å². The van der Waals surface area contributed by atoms with E-state index in [4.69, 9.17) is 16.3 Å². The summed E-state index contributed by atoms with van der Waals surface area (Å²) in [7, 11) is 0. The molecule has 0 spiro atoms. The van der Waals surface area contributed by atoms with Gasteiger partial charge >= 0.3 is 0 Å². The van der Waals surface area contributed by atoms with Crippen LogP contribution in [-0.2, 0) is 4.79 Å². The molecule has 0 saturated carbocycles. The minimum atomic E-state index is -0.536. The topological polar surface area (TPSA) is 38.3 Å². The molecule has 0 aliphatic rings.